The highest BCUT2D eigenvalue weighted by Gasteiger charge is 2.42. The van der Waals surface area contributed by atoms with Crippen molar-refractivity contribution in [3.8, 4) is 0 Å². The van der Waals surface area contributed by atoms with Crippen LogP contribution in [0.2, 0.25) is 0 Å². The first-order valence-electron chi connectivity index (χ1n) is 7.07. The van der Waals surface area contributed by atoms with Crippen LogP contribution in [0.3, 0.4) is 0 Å². The molecule has 5 unspecified atom stereocenters. The minimum absolute atomic E-state index is 0.00189. The molecule has 2 rings (SSSR count). The van der Waals surface area contributed by atoms with Gasteiger partial charge in [-0.25, -0.2) is 0 Å². The lowest BCUT2D eigenvalue weighted by Crippen LogP contribution is -2.43. The summed E-state index contributed by atoms with van der Waals surface area (Å²) in [7, 11) is 0. The molecule has 2 N–H and O–H groups in total. The quantitative estimate of drug-likeness (QED) is 0.794. The summed E-state index contributed by atoms with van der Waals surface area (Å²) in [4.78, 5) is 12.3. The van der Waals surface area contributed by atoms with Gasteiger partial charge in [0.1, 0.15) is 0 Å². The third-order valence-corrected chi connectivity index (χ3v) is 4.69. The molecule has 4 heteroatoms. The summed E-state index contributed by atoms with van der Waals surface area (Å²) in [5.74, 6) is 0.458. The van der Waals surface area contributed by atoms with E-state index < -0.39 is 0 Å². The first-order chi connectivity index (χ1) is 8.43. The normalized spacial score (nSPS) is 44.2. The third kappa shape index (κ3) is 2.69. The zero-order valence-electron chi connectivity index (χ0n) is 12.0. The highest BCUT2D eigenvalue weighted by molar-refractivity contribution is 5.80. The van der Waals surface area contributed by atoms with Crippen molar-refractivity contribution >= 4 is 5.91 Å². The summed E-state index contributed by atoms with van der Waals surface area (Å²) in [6, 6.07) is 0. The van der Waals surface area contributed by atoms with Gasteiger partial charge in [-0.05, 0) is 38.1 Å². The SMILES string of the molecule is CC1OC(C)C(C(=O)NCC2(C)CCNC2)C1C. The topological polar surface area (TPSA) is 50.4 Å². The molecule has 0 saturated carbocycles. The highest BCUT2D eigenvalue weighted by atomic mass is 16.5. The molecule has 2 saturated heterocycles. The summed E-state index contributed by atoms with van der Waals surface area (Å²) in [5.41, 5.74) is 0.215. The van der Waals surface area contributed by atoms with E-state index in [2.05, 4.69) is 31.4 Å². The van der Waals surface area contributed by atoms with Gasteiger partial charge in [0.25, 0.3) is 0 Å². The maximum absolute atomic E-state index is 12.3. The summed E-state index contributed by atoms with van der Waals surface area (Å²) >= 11 is 0. The molecule has 1 amide bonds. The summed E-state index contributed by atoms with van der Waals surface area (Å²) in [5, 5.41) is 6.48. The van der Waals surface area contributed by atoms with Crippen LogP contribution in [-0.2, 0) is 9.53 Å². The Labute approximate surface area is 110 Å². The Morgan fingerprint density at radius 1 is 1.39 bits per heavy atom. The first-order valence-corrected chi connectivity index (χ1v) is 7.07. The first kappa shape index (κ1) is 13.8. The van der Waals surface area contributed by atoms with Gasteiger partial charge >= 0.3 is 0 Å². The van der Waals surface area contributed by atoms with E-state index in [4.69, 9.17) is 4.74 Å². The average molecular weight is 254 g/mol. The van der Waals surface area contributed by atoms with Gasteiger partial charge in [-0.1, -0.05) is 13.8 Å². The molecule has 4 nitrogen and oxygen atoms in total. The van der Waals surface area contributed by atoms with E-state index in [1.165, 1.54) is 0 Å². The monoisotopic (exact) mass is 254 g/mol. The Bertz CT molecular complexity index is 313. The highest BCUT2D eigenvalue weighted by Crippen LogP contribution is 2.32. The van der Waals surface area contributed by atoms with Gasteiger partial charge in [0.15, 0.2) is 0 Å². The van der Waals surface area contributed by atoms with E-state index in [0.717, 1.165) is 26.1 Å². The van der Waals surface area contributed by atoms with Crippen molar-refractivity contribution in [2.75, 3.05) is 19.6 Å². The molecule has 104 valence electrons. The van der Waals surface area contributed by atoms with Crippen LogP contribution < -0.4 is 10.6 Å². The molecule has 0 aromatic carbocycles. The Hall–Kier alpha value is -0.610. The van der Waals surface area contributed by atoms with Crippen LogP contribution in [0.15, 0.2) is 0 Å². The van der Waals surface area contributed by atoms with Crippen LogP contribution in [0, 0.1) is 17.3 Å². The maximum atomic E-state index is 12.3. The molecule has 18 heavy (non-hydrogen) atoms. The van der Waals surface area contributed by atoms with Gasteiger partial charge < -0.3 is 15.4 Å². The number of carbonyl (C=O) groups excluding carboxylic acids is 1. The second kappa shape index (κ2) is 5.17. The Morgan fingerprint density at radius 2 is 2.11 bits per heavy atom. The van der Waals surface area contributed by atoms with Gasteiger partial charge in [0, 0.05) is 13.1 Å². The molecule has 2 fully saturated rings. The van der Waals surface area contributed by atoms with Crippen LogP contribution in [0.25, 0.3) is 0 Å². The van der Waals surface area contributed by atoms with Crippen LogP contribution in [0.5, 0.6) is 0 Å². The van der Waals surface area contributed by atoms with Gasteiger partial charge in [-0.2, -0.15) is 0 Å². The van der Waals surface area contributed by atoms with Crippen molar-refractivity contribution < 1.29 is 9.53 Å². The summed E-state index contributed by atoms with van der Waals surface area (Å²) < 4.78 is 5.73. The zero-order chi connectivity index (χ0) is 13.3. The van der Waals surface area contributed by atoms with Crippen LogP contribution in [0.4, 0.5) is 0 Å². The van der Waals surface area contributed by atoms with Crippen LogP contribution in [-0.4, -0.2) is 37.7 Å². The fraction of sp³-hybridized carbons (Fsp3) is 0.929. The van der Waals surface area contributed by atoms with Crippen molar-refractivity contribution in [2.45, 2.75) is 46.3 Å². The third-order valence-electron chi connectivity index (χ3n) is 4.69. The zero-order valence-corrected chi connectivity index (χ0v) is 12.0. The molecule has 0 spiro atoms. The number of amides is 1. The van der Waals surface area contributed by atoms with Crippen molar-refractivity contribution in [3.63, 3.8) is 0 Å². The minimum atomic E-state index is -0.00189. The second-order valence-electron chi connectivity index (χ2n) is 6.39. The molecular formula is C14H26N2O2. The van der Waals surface area contributed by atoms with Crippen LogP contribution in [0.1, 0.15) is 34.1 Å². The van der Waals surface area contributed by atoms with Crippen molar-refractivity contribution in [1.29, 1.82) is 0 Å². The standard InChI is InChI=1S/C14H26N2O2/c1-9-10(2)18-11(3)12(9)13(17)16-8-14(4)5-6-15-7-14/h9-12,15H,5-8H2,1-4H3,(H,16,17). The van der Waals surface area contributed by atoms with E-state index in [9.17, 15) is 4.79 Å². The van der Waals surface area contributed by atoms with E-state index >= 15 is 0 Å². The Morgan fingerprint density at radius 3 is 2.61 bits per heavy atom. The fourth-order valence-corrected chi connectivity index (χ4v) is 3.16. The second-order valence-corrected chi connectivity index (χ2v) is 6.39. The maximum Gasteiger partial charge on any atom is 0.226 e. The van der Waals surface area contributed by atoms with Gasteiger partial charge in [0.05, 0.1) is 18.1 Å². The molecule has 2 heterocycles. The molecule has 0 aliphatic carbocycles. The fourth-order valence-electron chi connectivity index (χ4n) is 3.16. The van der Waals surface area contributed by atoms with Crippen molar-refractivity contribution in [1.82, 2.24) is 10.6 Å². The van der Waals surface area contributed by atoms with Gasteiger partial charge in [-0.15, -0.1) is 0 Å². The average Bonchev–Trinajstić information content (AvgIpc) is 2.83. The molecule has 0 radical (unpaired) electrons. The van der Waals surface area contributed by atoms with Crippen molar-refractivity contribution in [3.05, 3.63) is 0 Å². The number of hydrogen-bond acceptors (Lipinski definition) is 3. The van der Waals surface area contributed by atoms with E-state index in [1.807, 2.05) is 6.92 Å². The number of nitrogens with one attached hydrogen (secondary N) is 2. The Balaban J connectivity index is 1.88. The smallest absolute Gasteiger partial charge is 0.226 e. The largest absolute Gasteiger partial charge is 0.374 e. The predicted molar refractivity (Wildman–Crippen MR) is 71.3 cm³/mol. The van der Waals surface area contributed by atoms with E-state index in [0.29, 0.717) is 5.92 Å². The number of hydrogen-bond donors (Lipinski definition) is 2. The van der Waals surface area contributed by atoms with E-state index in [1.54, 1.807) is 0 Å². The van der Waals surface area contributed by atoms with E-state index in [-0.39, 0.29) is 29.4 Å². The van der Waals surface area contributed by atoms with Gasteiger partial charge in [-0.3, -0.25) is 4.79 Å². The molecule has 2 aliphatic rings. The van der Waals surface area contributed by atoms with Gasteiger partial charge in [0.2, 0.25) is 5.91 Å². The molecular weight excluding hydrogens is 228 g/mol. The summed E-state index contributed by atoms with van der Waals surface area (Å²) in [6.07, 6.45) is 1.35. The summed E-state index contributed by atoms with van der Waals surface area (Å²) in [6.45, 7) is 11.2. The Kier molecular flexibility index (Phi) is 3.97. The lowest BCUT2D eigenvalue weighted by molar-refractivity contribution is -0.127. The van der Waals surface area contributed by atoms with Crippen LogP contribution >= 0.6 is 0 Å². The molecule has 0 bridgehead atoms. The number of rotatable bonds is 3. The number of carbonyl (C=O) groups is 1. The predicted octanol–water partition coefficient (Wildman–Crippen LogP) is 1.16. The molecule has 0 aromatic rings. The molecule has 5 atom stereocenters. The number of ether oxygens (including phenoxy) is 1. The molecule has 2 aliphatic heterocycles. The minimum Gasteiger partial charge on any atom is -0.374 e. The lowest BCUT2D eigenvalue weighted by atomic mass is 9.87. The lowest BCUT2D eigenvalue weighted by Gasteiger charge is -2.25. The molecule has 0 aromatic heterocycles. The van der Waals surface area contributed by atoms with Crippen molar-refractivity contribution in [2.24, 2.45) is 17.3 Å².